The second-order valence-corrected chi connectivity index (χ2v) is 6.94. The first-order valence-electron chi connectivity index (χ1n) is 7.97. The Morgan fingerprint density at radius 3 is 2.79 bits per heavy atom. The summed E-state index contributed by atoms with van der Waals surface area (Å²) < 4.78 is 16.3. The van der Waals surface area contributed by atoms with Crippen molar-refractivity contribution >= 4 is 50.7 Å². The minimum Gasteiger partial charge on any atom is -0.497 e. The summed E-state index contributed by atoms with van der Waals surface area (Å²) in [5.74, 6) is -0.105. The number of hydrogen-bond acceptors (Lipinski definition) is 8. The highest BCUT2D eigenvalue weighted by molar-refractivity contribution is 7.17. The van der Waals surface area contributed by atoms with Crippen molar-refractivity contribution in [2.75, 3.05) is 19.5 Å². The molecule has 0 aliphatic carbocycles. The zero-order valence-corrected chi connectivity index (χ0v) is 16.3. The number of pyridine rings is 1. The van der Waals surface area contributed by atoms with Crippen molar-refractivity contribution in [3.8, 4) is 11.5 Å². The molecule has 10 heteroatoms. The van der Waals surface area contributed by atoms with Crippen molar-refractivity contribution in [1.29, 1.82) is 0 Å². The number of methoxy groups -OCH3 is 1. The molecule has 2 heterocycles. The van der Waals surface area contributed by atoms with Crippen molar-refractivity contribution < 1.29 is 23.8 Å². The number of halogens is 1. The second-order valence-electron chi connectivity index (χ2n) is 5.65. The molecule has 3 aromatic rings. The number of carbonyl (C=O) groups is 2. The number of carbonyl (C=O) groups excluding carboxylic acids is 2. The van der Waals surface area contributed by atoms with Gasteiger partial charge in [-0.3, -0.25) is 4.79 Å². The Kier molecular flexibility index (Phi) is 5.86. The summed E-state index contributed by atoms with van der Waals surface area (Å²) in [5.41, 5.74) is 11.9. The van der Waals surface area contributed by atoms with E-state index in [-0.39, 0.29) is 18.0 Å². The topological polar surface area (TPSA) is 127 Å². The monoisotopic (exact) mass is 421 g/mol. The fourth-order valence-electron chi connectivity index (χ4n) is 2.48. The van der Waals surface area contributed by atoms with Gasteiger partial charge in [0.1, 0.15) is 23.9 Å². The number of fused-ring (bicyclic) bond motifs is 1. The summed E-state index contributed by atoms with van der Waals surface area (Å²) >= 11 is 7.48. The summed E-state index contributed by atoms with van der Waals surface area (Å²) in [7, 11) is 1.55. The quantitative estimate of drug-likeness (QED) is 0.561. The highest BCUT2D eigenvalue weighted by Crippen LogP contribution is 2.35. The average Bonchev–Trinajstić information content (AvgIpc) is 3.10. The Balaban J connectivity index is 1.86. The van der Waals surface area contributed by atoms with Crippen LogP contribution in [-0.4, -0.2) is 30.6 Å². The predicted octanol–water partition coefficient (Wildman–Crippen LogP) is 2.76. The van der Waals surface area contributed by atoms with Crippen LogP contribution in [0.2, 0.25) is 5.02 Å². The molecule has 28 heavy (non-hydrogen) atoms. The van der Waals surface area contributed by atoms with Crippen LogP contribution >= 0.6 is 22.9 Å². The molecule has 146 valence electrons. The van der Waals surface area contributed by atoms with E-state index in [9.17, 15) is 9.59 Å². The van der Waals surface area contributed by atoms with Gasteiger partial charge in [-0.1, -0.05) is 11.6 Å². The van der Waals surface area contributed by atoms with Gasteiger partial charge in [-0.15, -0.1) is 11.3 Å². The molecule has 4 N–H and O–H groups in total. The maximum Gasteiger partial charge on any atom is 0.341 e. The fraction of sp³-hybridized carbons (Fsp3) is 0.167. The minimum absolute atomic E-state index is 0.164. The first-order valence-corrected chi connectivity index (χ1v) is 9.22. The van der Waals surface area contributed by atoms with Crippen LogP contribution in [0, 0.1) is 0 Å². The van der Waals surface area contributed by atoms with Crippen LogP contribution in [0.4, 0.5) is 5.82 Å². The van der Waals surface area contributed by atoms with Crippen LogP contribution in [0.15, 0.2) is 29.8 Å². The van der Waals surface area contributed by atoms with E-state index in [0.29, 0.717) is 26.6 Å². The number of ether oxygens (including phenoxy) is 3. The van der Waals surface area contributed by atoms with E-state index in [1.165, 1.54) is 17.5 Å². The first kappa shape index (κ1) is 19.7. The van der Waals surface area contributed by atoms with E-state index < -0.39 is 18.5 Å². The lowest BCUT2D eigenvalue weighted by Gasteiger charge is -2.10. The van der Waals surface area contributed by atoms with E-state index >= 15 is 0 Å². The number of nitrogen functional groups attached to an aromatic ring is 1. The molecular formula is C18H16ClN3O5S. The van der Waals surface area contributed by atoms with Gasteiger partial charge in [-0.05, 0) is 17.5 Å². The van der Waals surface area contributed by atoms with Gasteiger partial charge in [0, 0.05) is 23.2 Å². The summed E-state index contributed by atoms with van der Waals surface area (Å²) in [6.07, 6.45) is 1.31. The third-order valence-corrected chi connectivity index (χ3v) is 5.15. The van der Waals surface area contributed by atoms with Crippen molar-refractivity contribution in [3.05, 3.63) is 45.9 Å². The molecule has 0 saturated carbocycles. The zero-order chi connectivity index (χ0) is 20.3. The highest BCUT2D eigenvalue weighted by Gasteiger charge is 2.19. The van der Waals surface area contributed by atoms with Crippen LogP contribution in [0.25, 0.3) is 10.1 Å². The molecule has 1 aromatic carbocycles. The summed E-state index contributed by atoms with van der Waals surface area (Å²) in [6.45, 7) is -0.347. The third-order valence-electron chi connectivity index (χ3n) is 3.79. The van der Waals surface area contributed by atoms with E-state index in [0.717, 1.165) is 5.56 Å². The lowest BCUT2D eigenvalue weighted by atomic mass is 10.1. The molecule has 0 spiro atoms. The maximum absolute atomic E-state index is 12.2. The largest absolute Gasteiger partial charge is 0.497 e. The average molecular weight is 422 g/mol. The first-order chi connectivity index (χ1) is 13.4. The molecular weight excluding hydrogens is 406 g/mol. The van der Waals surface area contributed by atoms with Crippen LogP contribution in [-0.2, 0) is 16.1 Å². The van der Waals surface area contributed by atoms with Gasteiger partial charge in [0.05, 0.1) is 22.4 Å². The van der Waals surface area contributed by atoms with Gasteiger partial charge in [0.25, 0.3) is 5.91 Å². The van der Waals surface area contributed by atoms with Gasteiger partial charge >= 0.3 is 5.97 Å². The number of anilines is 1. The van der Waals surface area contributed by atoms with Gasteiger partial charge in [-0.25, -0.2) is 9.78 Å². The highest BCUT2D eigenvalue weighted by atomic mass is 35.5. The Morgan fingerprint density at radius 2 is 2.11 bits per heavy atom. The molecule has 0 bridgehead atoms. The van der Waals surface area contributed by atoms with Crippen molar-refractivity contribution in [2.45, 2.75) is 6.61 Å². The Morgan fingerprint density at radius 1 is 1.32 bits per heavy atom. The zero-order valence-electron chi connectivity index (χ0n) is 14.7. The van der Waals surface area contributed by atoms with Gasteiger partial charge in [0.15, 0.2) is 6.61 Å². The van der Waals surface area contributed by atoms with E-state index in [1.807, 2.05) is 5.38 Å². The van der Waals surface area contributed by atoms with E-state index in [2.05, 4.69) is 4.98 Å². The number of thiophene rings is 1. The number of nitrogens with two attached hydrogens (primary N) is 2. The molecule has 0 aliphatic rings. The second kappa shape index (κ2) is 8.32. The van der Waals surface area contributed by atoms with Crippen molar-refractivity contribution in [3.63, 3.8) is 0 Å². The van der Waals surface area contributed by atoms with Crippen LogP contribution in [0.3, 0.4) is 0 Å². The summed E-state index contributed by atoms with van der Waals surface area (Å²) in [6, 6.07) is 5.07. The molecule has 8 nitrogen and oxygen atoms in total. The molecule has 0 fully saturated rings. The standard InChI is InChI=1S/C18H16ClN3O5S/c1-25-10-2-3-13(12(19)4-10)26-6-9-8-28-16-11(5-22-17(21)15(9)16)18(24)27-7-14(20)23/h2-5,8H,6-7H2,1H3,(H2,20,23)(H2,21,22). The number of nitrogens with zero attached hydrogens (tertiary/aromatic N) is 1. The smallest absolute Gasteiger partial charge is 0.341 e. The van der Waals surface area contributed by atoms with Gasteiger partial charge in [0.2, 0.25) is 0 Å². The number of amides is 1. The van der Waals surface area contributed by atoms with Crippen molar-refractivity contribution in [2.24, 2.45) is 5.73 Å². The molecule has 2 aromatic heterocycles. The molecule has 0 saturated heterocycles. The number of esters is 1. The van der Waals surface area contributed by atoms with E-state index in [1.54, 1.807) is 25.3 Å². The Bertz CT molecular complexity index is 1050. The number of rotatable bonds is 7. The van der Waals surface area contributed by atoms with Crippen LogP contribution in [0.1, 0.15) is 15.9 Å². The molecule has 3 rings (SSSR count). The lowest BCUT2D eigenvalue weighted by Crippen LogP contribution is -2.21. The predicted molar refractivity (Wildman–Crippen MR) is 106 cm³/mol. The third kappa shape index (κ3) is 4.10. The van der Waals surface area contributed by atoms with Crippen molar-refractivity contribution in [1.82, 2.24) is 4.98 Å². The maximum atomic E-state index is 12.2. The molecule has 0 atom stereocenters. The summed E-state index contributed by atoms with van der Waals surface area (Å²) in [5, 5.41) is 2.80. The normalized spacial score (nSPS) is 10.6. The fourth-order valence-corrected chi connectivity index (χ4v) is 3.76. The number of primary amides is 1. The minimum atomic E-state index is -0.746. The Hall–Kier alpha value is -3.04. The van der Waals surface area contributed by atoms with Gasteiger partial charge < -0.3 is 25.7 Å². The molecule has 0 radical (unpaired) electrons. The molecule has 0 unspecified atom stereocenters. The van der Waals surface area contributed by atoms with Gasteiger partial charge in [-0.2, -0.15) is 0 Å². The van der Waals surface area contributed by atoms with E-state index in [4.69, 9.17) is 37.3 Å². The lowest BCUT2D eigenvalue weighted by molar-refractivity contribution is -0.121. The van der Waals surface area contributed by atoms with Crippen LogP contribution in [0.5, 0.6) is 11.5 Å². The SMILES string of the molecule is COc1ccc(OCc2csc3c(C(=O)OCC(N)=O)cnc(N)c23)c(Cl)c1. The molecule has 1 amide bonds. The Labute approximate surface area is 169 Å². The summed E-state index contributed by atoms with van der Waals surface area (Å²) in [4.78, 5) is 27.1. The van der Waals surface area contributed by atoms with Crippen LogP contribution < -0.4 is 20.9 Å². The number of benzene rings is 1. The molecule has 0 aliphatic heterocycles. The number of hydrogen-bond donors (Lipinski definition) is 2. The number of aromatic nitrogens is 1.